The minimum atomic E-state index is -3.63. The Labute approximate surface area is 50.9 Å². The second-order valence-electron chi connectivity index (χ2n) is 0.250. The van der Waals surface area contributed by atoms with Crippen molar-refractivity contribution in [2.45, 2.75) is 0 Å². The summed E-state index contributed by atoms with van der Waals surface area (Å²) in [5.74, 6) is 0. The third-order valence-electron chi connectivity index (χ3n) is 0. The maximum atomic E-state index is 8.52. The number of hydrogen-bond donors (Lipinski definition) is 0. The zero-order valence-corrected chi connectivity index (χ0v) is 5.19. The molecule has 6 heteroatoms. The van der Waals surface area contributed by atoms with Gasteiger partial charge in [0.15, 0.2) is 0 Å². The minimum absolute atomic E-state index is 0. The van der Waals surface area contributed by atoms with Crippen molar-refractivity contribution in [1.82, 2.24) is 0 Å². The van der Waals surface area contributed by atoms with Crippen LogP contribution in [-0.2, 0) is 31.7 Å². The van der Waals surface area contributed by atoms with Gasteiger partial charge in [-0.25, -0.2) is 0 Å². The molecule has 0 amide bonds. The predicted molar refractivity (Wildman–Crippen MR) is 7.13 cm³/mol. The van der Waals surface area contributed by atoms with Crippen molar-refractivity contribution in [2.75, 3.05) is 0 Å². The topological polar surface area (TPSA) is 91.7 Å². The Bertz CT molecular complexity index is 30.5. The minimum Gasteiger partial charge on any atom is -2.00 e. The summed E-state index contributed by atoms with van der Waals surface area (Å²) in [7, 11) is -3.63. The summed E-state index contributed by atoms with van der Waals surface area (Å²) < 4.78 is 8.52. The van der Waals surface area contributed by atoms with E-state index >= 15 is 0 Å². The largest absolute Gasteiger partial charge is 4.00 e. The molecule has 0 N–H and O–H groups in total. The fourth-order valence-corrected chi connectivity index (χ4v) is 0. The Morgan fingerprint density at radius 2 is 1.33 bits per heavy atom. The fraction of sp³-hybridized carbons (Fsp3) is 0. The first-order chi connectivity index (χ1) is 1.73. The van der Waals surface area contributed by atoms with Gasteiger partial charge >= 0.3 is 21.7 Å². The molecule has 0 aromatic heterocycles. The molecule has 0 unspecified atom stereocenters. The molecule has 0 saturated carbocycles. The molecule has 0 saturated heterocycles. The Hall–Kier alpha value is 0.291. The molecule has 0 radical (unpaired) electrons. The van der Waals surface area contributed by atoms with E-state index in [2.05, 4.69) is 0 Å². The third-order valence-corrected chi connectivity index (χ3v) is 0. The Balaban J connectivity index is -0.0000000450. The van der Waals surface area contributed by atoms with E-state index in [0.29, 0.717) is 0 Å². The average Bonchev–Trinajstić information content (AvgIpc) is 0.811. The molecule has 4 nitrogen and oxygen atoms in total. The van der Waals surface area contributed by atoms with Gasteiger partial charge in [-0.05, 0) is 0 Å². The van der Waals surface area contributed by atoms with E-state index in [1.165, 1.54) is 0 Å². The van der Waals surface area contributed by atoms with Crippen LogP contribution < -0.4 is 9.59 Å². The van der Waals surface area contributed by atoms with E-state index in [-0.39, 0.29) is 27.2 Å². The normalized spacial score (nSPS) is 4.00. The molecule has 0 heterocycles. The van der Waals surface area contributed by atoms with Crippen LogP contribution in [0.5, 0.6) is 0 Å². The summed E-state index contributed by atoms with van der Waals surface area (Å²) in [5, 5.41) is 0. The second kappa shape index (κ2) is 9.00. The van der Waals surface area contributed by atoms with Crippen LogP contribution in [0.1, 0.15) is 0 Å². The molecule has 0 aliphatic rings. The van der Waals surface area contributed by atoms with Crippen molar-refractivity contribution in [3.8, 4) is 0 Å². The molecule has 0 atom stereocenters. The van der Waals surface area contributed by atoms with Gasteiger partial charge in [-0.15, -0.1) is 0 Å². The quantitative estimate of drug-likeness (QED) is 0.335. The first-order valence-corrected chi connectivity index (χ1v) is 1.84. The summed E-state index contributed by atoms with van der Waals surface area (Å²) in [5.41, 5.74) is 0. The van der Waals surface area contributed by atoms with Crippen molar-refractivity contribution in [2.24, 2.45) is 0 Å². The van der Waals surface area contributed by atoms with Gasteiger partial charge < -0.3 is 19.5 Å². The molecule has 0 aromatic carbocycles. The molecule has 0 fully saturated rings. The summed E-state index contributed by atoms with van der Waals surface area (Å²) >= 11 is 0. The molecular formula is O4SiTi. The molecular weight excluding hydrogens is 140 g/mol. The van der Waals surface area contributed by atoms with Gasteiger partial charge in [0.2, 0.25) is 0 Å². The Kier molecular flexibility index (Phi) is 24.4. The smallest absolute Gasteiger partial charge is 2.00 e. The molecule has 0 spiro atoms. The van der Waals surface area contributed by atoms with Gasteiger partial charge in [-0.2, -0.15) is 0 Å². The van der Waals surface area contributed by atoms with E-state index in [0.717, 1.165) is 0 Å². The SMILES string of the molecule is O=[Si]([O-])[O-].[O-2].[Ti+4]. The van der Waals surface area contributed by atoms with Gasteiger partial charge in [0.25, 0.3) is 0 Å². The average molecular weight is 140 g/mol. The molecule has 0 aliphatic heterocycles. The van der Waals surface area contributed by atoms with Crippen LogP contribution in [0, 0.1) is 0 Å². The second-order valence-corrected chi connectivity index (χ2v) is 0.750. The van der Waals surface area contributed by atoms with Crippen LogP contribution in [0.25, 0.3) is 0 Å². The first kappa shape index (κ1) is 16.3. The van der Waals surface area contributed by atoms with Crippen molar-refractivity contribution in [1.29, 1.82) is 0 Å². The molecule has 6 heavy (non-hydrogen) atoms. The number of rotatable bonds is 0. The molecule has 0 aliphatic carbocycles. The monoisotopic (exact) mass is 140 g/mol. The van der Waals surface area contributed by atoms with Crippen molar-refractivity contribution < 1.29 is 41.2 Å². The van der Waals surface area contributed by atoms with Gasteiger partial charge in [-0.1, -0.05) is 0 Å². The standard InChI is InChI=1S/O3Si.O.Ti/c1-4(2)3;;/q2*-2;+4. The Morgan fingerprint density at radius 3 is 1.33 bits per heavy atom. The van der Waals surface area contributed by atoms with Crippen LogP contribution in [0.4, 0.5) is 0 Å². The molecule has 0 bridgehead atoms. The van der Waals surface area contributed by atoms with E-state index in [4.69, 9.17) is 14.1 Å². The molecule has 32 valence electrons. The van der Waals surface area contributed by atoms with Crippen LogP contribution in [0.3, 0.4) is 0 Å². The van der Waals surface area contributed by atoms with E-state index in [9.17, 15) is 0 Å². The summed E-state index contributed by atoms with van der Waals surface area (Å²) in [6.45, 7) is 0. The van der Waals surface area contributed by atoms with Crippen LogP contribution >= 0.6 is 0 Å². The molecule has 0 rings (SSSR count). The number of hydrogen-bond acceptors (Lipinski definition) is 3. The van der Waals surface area contributed by atoms with E-state index in [1.807, 2.05) is 0 Å². The van der Waals surface area contributed by atoms with Crippen LogP contribution in [0.15, 0.2) is 0 Å². The van der Waals surface area contributed by atoms with Gasteiger partial charge in [0, 0.05) is 9.17 Å². The fourth-order valence-electron chi connectivity index (χ4n) is 0. The summed E-state index contributed by atoms with van der Waals surface area (Å²) in [4.78, 5) is 17.0. The summed E-state index contributed by atoms with van der Waals surface area (Å²) in [6, 6.07) is 0. The van der Waals surface area contributed by atoms with Gasteiger partial charge in [0.1, 0.15) is 0 Å². The zero-order chi connectivity index (χ0) is 3.58. The van der Waals surface area contributed by atoms with E-state index < -0.39 is 9.17 Å². The van der Waals surface area contributed by atoms with E-state index in [1.54, 1.807) is 0 Å². The maximum Gasteiger partial charge on any atom is 4.00 e. The van der Waals surface area contributed by atoms with Crippen LogP contribution in [0.2, 0.25) is 0 Å². The van der Waals surface area contributed by atoms with Crippen molar-refractivity contribution in [3.63, 3.8) is 0 Å². The third kappa shape index (κ3) is 548. The zero-order valence-electron chi connectivity index (χ0n) is 2.63. The van der Waals surface area contributed by atoms with Gasteiger partial charge in [0.05, 0.1) is 0 Å². The Morgan fingerprint density at radius 1 is 1.33 bits per heavy atom. The first-order valence-electron chi connectivity index (χ1n) is 0.612. The summed E-state index contributed by atoms with van der Waals surface area (Å²) in [6.07, 6.45) is 0. The van der Waals surface area contributed by atoms with Crippen molar-refractivity contribution in [3.05, 3.63) is 0 Å². The van der Waals surface area contributed by atoms with Crippen molar-refractivity contribution >= 4 is 9.17 Å². The predicted octanol–water partition coefficient (Wildman–Crippen LogP) is -3.00. The molecule has 0 aromatic rings. The van der Waals surface area contributed by atoms with Gasteiger partial charge in [-0.3, -0.25) is 0 Å². The maximum absolute atomic E-state index is 8.52. The van der Waals surface area contributed by atoms with Crippen LogP contribution in [-0.4, -0.2) is 9.17 Å².